The molecule has 0 radical (unpaired) electrons. The molecule has 3 heteroatoms. The maximum Gasteiger partial charge on any atom is 0.307 e. The van der Waals surface area contributed by atoms with E-state index in [1.807, 2.05) is 27.7 Å². The minimum Gasteiger partial charge on any atom is -0.481 e. The molecule has 2 atom stereocenters. The van der Waals surface area contributed by atoms with Gasteiger partial charge in [-0.1, -0.05) is 39.3 Å². The number of carbonyl (C=O) groups is 1. The molecule has 0 aliphatic carbocycles. The fourth-order valence-electron chi connectivity index (χ4n) is 2.20. The highest BCUT2D eigenvalue weighted by molar-refractivity contribution is 5.70. The summed E-state index contributed by atoms with van der Waals surface area (Å²) in [4.78, 5) is 11.3. The van der Waals surface area contributed by atoms with E-state index < -0.39 is 5.97 Å². The monoisotopic (exact) mass is 265 g/mol. The Bertz CT molecular complexity index is 339. The molecule has 3 nitrogen and oxygen atoms in total. The Kier molecular flexibility index (Phi) is 8.14. The Morgan fingerprint density at radius 1 is 1.37 bits per heavy atom. The van der Waals surface area contributed by atoms with E-state index >= 15 is 0 Å². The summed E-state index contributed by atoms with van der Waals surface area (Å²) in [5.74, 6) is -0.900. The summed E-state index contributed by atoms with van der Waals surface area (Å²) in [6.45, 7) is 7.97. The number of carboxylic acids is 1. The third kappa shape index (κ3) is 7.00. The second-order valence-corrected chi connectivity index (χ2v) is 5.95. The molecule has 0 aromatic heterocycles. The first-order valence-corrected chi connectivity index (χ1v) is 7.12. The van der Waals surface area contributed by atoms with Gasteiger partial charge in [0.1, 0.15) is 0 Å². The van der Waals surface area contributed by atoms with Crippen LogP contribution in [0.4, 0.5) is 0 Å². The quantitative estimate of drug-likeness (QED) is 0.628. The summed E-state index contributed by atoms with van der Waals surface area (Å²) in [5.41, 5.74) is -0.223. The van der Waals surface area contributed by atoms with Gasteiger partial charge in [0, 0.05) is 5.92 Å². The van der Waals surface area contributed by atoms with E-state index in [2.05, 4.69) is 18.2 Å². The van der Waals surface area contributed by atoms with Crippen LogP contribution in [-0.2, 0) is 4.79 Å². The topological polar surface area (TPSA) is 61.1 Å². The number of carboxylic acid groups (broad SMARTS) is 1. The molecule has 1 N–H and O–H groups in total. The van der Waals surface area contributed by atoms with Crippen LogP contribution in [0.1, 0.15) is 59.8 Å². The second kappa shape index (κ2) is 8.74. The zero-order chi connectivity index (χ0) is 14.9. The molecule has 0 amide bonds. The first-order valence-electron chi connectivity index (χ1n) is 7.12. The molecular weight excluding hydrogens is 238 g/mol. The van der Waals surface area contributed by atoms with Gasteiger partial charge in [-0.25, -0.2) is 0 Å². The van der Waals surface area contributed by atoms with Crippen LogP contribution in [0.15, 0.2) is 12.2 Å². The SMILES string of the molecule is CCCC(C(=O)O)C(C)(C)C/C=C/CCC(C)C#N. The van der Waals surface area contributed by atoms with Crippen LogP contribution in [-0.4, -0.2) is 11.1 Å². The maximum absolute atomic E-state index is 11.3. The van der Waals surface area contributed by atoms with Gasteiger partial charge in [0.05, 0.1) is 12.0 Å². The Morgan fingerprint density at radius 2 is 2.00 bits per heavy atom. The van der Waals surface area contributed by atoms with Crippen LogP contribution < -0.4 is 0 Å². The lowest BCUT2D eigenvalue weighted by Crippen LogP contribution is -2.30. The van der Waals surface area contributed by atoms with Crippen molar-refractivity contribution in [2.75, 3.05) is 0 Å². The molecule has 0 aromatic rings. The lowest BCUT2D eigenvalue weighted by atomic mass is 9.74. The van der Waals surface area contributed by atoms with Crippen molar-refractivity contribution in [2.24, 2.45) is 17.3 Å². The molecule has 0 saturated heterocycles. The Labute approximate surface area is 117 Å². The molecule has 2 unspecified atom stereocenters. The minimum atomic E-state index is -0.696. The molecule has 0 bridgehead atoms. The van der Waals surface area contributed by atoms with Crippen LogP contribution in [0.5, 0.6) is 0 Å². The van der Waals surface area contributed by atoms with Gasteiger partial charge >= 0.3 is 5.97 Å². The molecule has 19 heavy (non-hydrogen) atoms. The van der Waals surface area contributed by atoms with Crippen LogP contribution >= 0.6 is 0 Å². The Hall–Kier alpha value is -1.30. The number of rotatable bonds is 9. The third-order valence-corrected chi connectivity index (χ3v) is 3.62. The molecule has 0 saturated carbocycles. The van der Waals surface area contributed by atoms with Crippen molar-refractivity contribution in [3.8, 4) is 6.07 Å². The van der Waals surface area contributed by atoms with E-state index in [0.29, 0.717) is 0 Å². The summed E-state index contributed by atoms with van der Waals surface area (Å²) in [6.07, 6.45) is 8.27. The third-order valence-electron chi connectivity index (χ3n) is 3.62. The molecule has 0 spiro atoms. The number of allylic oxidation sites excluding steroid dienone is 2. The van der Waals surface area contributed by atoms with Gasteiger partial charge in [0.25, 0.3) is 0 Å². The van der Waals surface area contributed by atoms with Crippen molar-refractivity contribution in [2.45, 2.75) is 59.8 Å². The minimum absolute atomic E-state index is 0.0875. The molecule has 0 aliphatic rings. The lowest BCUT2D eigenvalue weighted by molar-refractivity contribution is -0.146. The average Bonchev–Trinajstić information content (AvgIpc) is 2.34. The predicted molar refractivity (Wildman–Crippen MR) is 77.6 cm³/mol. The number of nitriles is 1. The second-order valence-electron chi connectivity index (χ2n) is 5.95. The van der Waals surface area contributed by atoms with Gasteiger partial charge in [-0.05, 0) is 38.0 Å². The lowest BCUT2D eigenvalue weighted by Gasteiger charge is -2.30. The highest BCUT2D eigenvalue weighted by Crippen LogP contribution is 2.34. The van der Waals surface area contributed by atoms with Crippen molar-refractivity contribution in [3.63, 3.8) is 0 Å². The van der Waals surface area contributed by atoms with Crippen molar-refractivity contribution in [3.05, 3.63) is 12.2 Å². The van der Waals surface area contributed by atoms with E-state index in [0.717, 1.165) is 32.1 Å². The summed E-state index contributed by atoms with van der Waals surface area (Å²) in [5, 5.41) is 18.0. The largest absolute Gasteiger partial charge is 0.481 e. The Morgan fingerprint density at radius 3 is 2.47 bits per heavy atom. The van der Waals surface area contributed by atoms with Gasteiger partial charge in [-0.15, -0.1) is 0 Å². The van der Waals surface area contributed by atoms with Crippen LogP contribution in [0.25, 0.3) is 0 Å². The highest BCUT2D eigenvalue weighted by Gasteiger charge is 2.33. The summed E-state index contributed by atoms with van der Waals surface area (Å²) >= 11 is 0. The van der Waals surface area contributed by atoms with Gasteiger partial charge in [0.2, 0.25) is 0 Å². The summed E-state index contributed by atoms with van der Waals surface area (Å²) < 4.78 is 0. The maximum atomic E-state index is 11.3. The molecule has 0 aliphatic heterocycles. The van der Waals surface area contributed by atoms with Crippen molar-refractivity contribution < 1.29 is 9.90 Å². The summed E-state index contributed by atoms with van der Waals surface area (Å²) in [6, 6.07) is 2.21. The molecule has 0 fully saturated rings. The molecular formula is C16H27NO2. The fourth-order valence-corrected chi connectivity index (χ4v) is 2.20. The normalized spacial score (nSPS) is 15.1. The zero-order valence-electron chi connectivity index (χ0n) is 12.6. The van der Waals surface area contributed by atoms with Gasteiger partial charge in [0.15, 0.2) is 0 Å². The standard InChI is InChI=1S/C16H27NO2/c1-5-9-14(15(18)19)16(3,4)11-8-6-7-10-13(2)12-17/h6,8,13-14H,5,7,9-11H2,1-4H3,(H,18,19)/b8-6+. The number of aliphatic carboxylic acids is 1. The van der Waals surface area contributed by atoms with E-state index in [1.54, 1.807) is 0 Å². The molecule has 0 rings (SSSR count). The average molecular weight is 265 g/mol. The Balaban J connectivity index is 4.31. The zero-order valence-corrected chi connectivity index (χ0v) is 12.6. The number of hydrogen-bond acceptors (Lipinski definition) is 2. The highest BCUT2D eigenvalue weighted by atomic mass is 16.4. The summed E-state index contributed by atoms with van der Waals surface area (Å²) in [7, 11) is 0. The number of hydrogen-bond donors (Lipinski definition) is 1. The predicted octanol–water partition coefficient (Wildman–Crippen LogP) is 4.40. The van der Waals surface area contributed by atoms with Gasteiger partial charge < -0.3 is 5.11 Å². The first kappa shape index (κ1) is 17.7. The first-order chi connectivity index (χ1) is 8.85. The molecule has 0 heterocycles. The molecule has 0 aromatic carbocycles. The van der Waals surface area contributed by atoms with E-state index in [4.69, 9.17) is 5.26 Å². The smallest absolute Gasteiger partial charge is 0.307 e. The van der Waals surface area contributed by atoms with Crippen LogP contribution in [0.3, 0.4) is 0 Å². The van der Waals surface area contributed by atoms with Crippen molar-refractivity contribution in [1.82, 2.24) is 0 Å². The number of nitrogens with zero attached hydrogens (tertiary/aromatic N) is 1. The van der Waals surface area contributed by atoms with Crippen molar-refractivity contribution >= 4 is 5.97 Å². The van der Waals surface area contributed by atoms with Gasteiger partial charge in [-0.3, -0.25) is 4.79 Å². The van der Waals surface area contributed by atoms with E-state index in [9.17, 15) is 9.90 Å². The molecule has 108 valence electrons. The van der Waals surface area contributed by atoms with E-state index in [1.165, 1.54) is 0 Å². The fraction of sp³-hybridized carbons (Fsp3) is 0.750. The van der Waals surface area contributed by atoms with Crippen LogP contribution in [0, 0.1) is 28.6 Å². The van der Waals surface area contributed by atoms with Gasteiger partial charge in [-0.2, -0.15) is 5.26 Å². The van der Waals surface area contributed by atoms with Crippen molar-refractivity contribution in [1.29, 1.82) is 5.26 Å². The van der Waals surface area contributed by atoms with Crippen LogP contribution in [0.2, 0.25) is 0 Å². The van der Waals surface area contributed by atoms with E-state index in [-0.39, 0.29) is 17.3 Å².